The highest BCUT2D eigenvalue weighted by molar-refractivity contribution is 5.41. The number of pyridine rings is 1. The standard InChI is InChI=1S/C16H20N2O3/c1-3-21-15-8-12(4-6-14(15)19)9-17-10-13-5-7-16(20-2)18-11-13/h4-8,11,17,19H,3,9-10H2,1-2H3. The van der Waals surface area contributed by atoms with Gasteiger partial charge in [-0.1, -0.05) is 12.1 Å². The zero-order valence-electron chi connectivity index (χ0n) is 12.3. The molecule has 112 valence electrons. The van der Waals surface area contributed by atoms with Crippen LogP contribution in [0.25, 0.3) is 0 Å². The van der Waals surface area contributed by atoms with Crippen molar-refractivity contribution in [3.05, 3.63) is 47.7 Å². The van der Waals surface area contributed by atoms with Crippen molar-refractivity contribution >= 4 is 0 Å². The predicted molar refractivity (Wildman–Crippen MR) is 80.6 cm³/mol. The summed E-state index contributed by atoms with van der Waals surface area (Å²) in [6, 6.07) is 9.18. The van der Waals surface area contributed by atoms with Crippen LogP contribution in [0.2, 0.25) is 0 Å². The van der Waals surface area contributed by atoms with Gasteiger partial charge in [-0.15, -0.1) is 0 Å². The number of phenolic OH excluding ortho intramolecular Hbond substituents is 1. The molecule has 1 heterocycles. The molecule has 1 aromatic heterocycles. The largest absolute Gasteiger partial charge is 0.504 e. The number of aromatic nitrogens is 1. The summed E-state index contributed by atoms with van der Waals surface area (Å²) >= 11 is 0. The van der Waals surface area contributed by atoms with Gasteiger partial charge >= 0.3 is 0 Å². The fourth-order valence-electron chi connectivity index (χ4n) is 1.93. The van der Waals surface area contributed by atoms with E-state index in [0.717, 1.165) is 11.1 Å². The molecule has 0 saturated carbocycles. The molecule has 5 nitrogen and oxygen atoms in total. The molecule has 21 heavy (non-hydrogen) atoms. The molecular formula is C16H20N2O3. The smallest absolute Gasteiger partial charge is 0.212 e. The van der Waals surface area contributed by atoms with Gasteiger partial charge < -0.3 is 19.9 Å². The normalized spacial score (nSPS) is 10.4. The molecule has 1 aromatic carbocycles. The number of nitrogens with one attached hydrogen (secondary N) is 1. The number of ether oxygens (including phenoxy) is 2. The molecule has 0 aliphatic carbocycles. The summed E-state index contributed by atoms with van der Waals surface area (Å²) in [7, 11) is 1.60. The van der Waals surface area contributed by atoms with Gasteiger partial charge in [0.2, 0.25) is 5.88 Å². The maximum Gasteiger partial charge on any atom is 0.212 e. The lowest BCUT2D eigenvalue weighted by Crippen LogP contribution is -2.13. The van der Waals surface area contributed by atoms with Crippen LogP contribution in [0.15, 0.2) is 36.5 Å². The maximum absolute atomic E-state index is 9.65. The lowest BCUT2D eigenvalue weighted by atomic mass is 10.2. The van der Waals surface area contributed by atoms with Gasteiger partial charge in [0, 0.05) is 25.4 Å². The van der Waals surface area contributed by atoms with E-state index in [4.69, 9.17) is 9.47 Å². The van der Waals surface area contributed by atoms with Gasteiger partial charge in [0.25, 0.3) is 0 Å². The van der Waals surface area contributed by atoms with Crippen molar-refractivity contribution in [2.75, 3.05) is 13.7 Å². The van der Waals surface area contributed by atoms with Gasteiger partial charge in [0.05, 0.1) is 13.7 Å². The van der Waals surface area contributed by atoms with Crippen LogP contribution in [-0.2, 0) is 13.1 Å². The maximum atomic E-state index is 9.65. The Morgan fingerprint density at radius 1 is 1.14 bits per heavy atom. The molecule has 5 heteroatoms. The first-order valence-corrected chi connectivity index (χ1v) is 6.87. The molecule has 2 aromatic rings. The Kier molecular flexibility index (Phi) is 5.40. The number of phenols is 1. The Bertz CT molecular complexity index is 570. The first-order valence-electron chi connectivity index (χ1n) is 6.87. The molecule has 0 bridgehead atoms. The Balaban J connectivity index is 1.89. The Hall–Kier alpha value is -2.27. The second-order valence-electron chi connectivity index (χ2n) is 4.55. The van der Waals surface area contributed by atoms with E-state index in [2.05, 4.69) is 10.3 Å². The average molecular weight is 288 g/mol. The molecule has 0 unspecified atom stereocenters. The third-order valence-electron chi connectivity index (χ3n) is 2.99. The predicted octanol–water partition coefficient (Wildman–Crippen LogP) is 2.48. The first-order chi connectivity index (χ1) is 10.2. The number of methoxy groups -OCH3 is 1. The Morgan fingerprint density at radius 2 is 1.90 bits per heavy atom. The fourth-order valence-corrected chi connectivity index (χ4v) is 1.93. The molecule has 0 aliphatic rings. The summed E-state index contributed by atoms with van der Waals surface area (Å²) in [6.07, 6.45) is 1.79. The number of rotatable bonds is 7. The monoisotopic (exact) mass is 288 g/mol. The first kappa shape index (κ1) is 15.1. The molecule has 0 fully saturated rings. The molecule has 0 atom stereocenters. The Labute approximate surface area is 124 Å². The van der Waals surface area contributed by atoms with Crippen LogP contribution in [0.5, 0.6) is 17.4 Å². The summed E-state index contributed by atoms with van der Waals surface area (Å²) in [5.74, 6) is 1.29. The van der Waals surface area contributed by atoms with Crippen LogP contribution in [0, 0.1) is 0 Å². The summed E-state index contributed by atoms with van der Waals surface area (Å²) in [5, 5.41) is 13.0. The zero-order chi connectivity index (χ0) is 15.1. The number of hydrogen-bond donors (Lipinski definition) is 2. The number of nitrogens with zero attached hydrogens (tertiary/aromatic N) is 1. The third-order valence-corrected chi connectivity index (χ3v) is 2.99. The van der Waals surface area contributed by atoms with E-state index in [-0.39, 0.29) is 5.75 Å². The van der Waals surface area contributed by atoms with E-state index in [1.54, 1.807) is 19.4 Å². The number of aromatic hydroxyl groups is 1. The van der Waals surface area contributed by atoms with Gasteiger partial charge in [-0.05, 0) is 30.2 Å². The molecule has 0 saturated heterocycles. The molecule has 0 radical (unpaired) electrons. The highest BCUT2D eigenvalue weighted by Crippen LogP contribution is 2.26. The number of benzene rings is 1. The van der Waals surface area contributed by atoms with Gasteiger partial charge in [-0.25, -0.2) is 4.98 Å². The lowest BCUT2D eigenvalue weighted by Gasteiger charge is -2.09. The van der Waals surface area contributed by atoms with Crippen LogP contribution in [0.3, 0.4) is 0 Å². The number of hydrogen-bond acceptors (Lipinski definition) is 5. The van der Waals surface area contributed by atoms with Gasteiger partial charge in [0.15, 0.2) is 11.5 Å². The summed E-state index contributed by atoms with van der Waals surface area (Å²) in [5.41, 5.74) is 2.14. The minimum Gasteiger partial charge on any atom is -0.504 e. The quantitative estimate of drug-likeness (QED) is 0.819. The van der Waals surface area contributed by atoms with Crippen LogP contribution >= 0.6 is 0 Å². The SMILES string of the molecule is CCOc1cc(CNCc2ccc(OC)nc2)ccc1O. The van der Waals surface area contributed by atoms with Crippen LogP contribution in [0.4, 0.5) is 0 Å². The van der Waals surface area contributed by atoms with Crippen molar-refractivity contribution in [2.24, 2.45) is 0 Å². The molecule has 2 rings (SSSR count). The van der Waals surface area contributed by atoms with Gasteiger partial charge in [-0.3, -0.25) is 0 Å². The molecule has 2 N–H and O–H groups in total. The molecule has 0 amide bonds. The fraction of sp³-hybridized carbons (Fsp3) is 0.312. The second-order valence-corrected chi connectivity index (χ2v) is 4.55. The van der Waals surface area contributed by atoms with Gasteiger partial charge in [0.1, 0.15) is 0 Å². The highest BCUT2D eigenvalue weighted by atomic mass is 16.5. The van der Waals surface area contributed by atoms with E-state index in [0.29, 0.717) is 31.3 Å². The Morgan fingerprint density at radius 3 is 2.57 bits per heavy atom. The topological polar surface area (TPSA) is 63.6 Å². The van der Waals surface area contributed by atoms with E-state index in [1.165, 1.54) is 0 Å². The van der Waals surface area contributed by atoms with E-state index < -0.39 is 0 Å². The van der Waals surface area contributed by atoms with Crippen molar-refractivity contribution in [2.45, 2.75) is 20.0 Å². The summed E-state index contributed by atoms with van der Waals surface area (Å²) < 4.78 is 10.4. The van der Waals surface area contributed by atoms with E-state index in [9.17, 15) is 5.11 Å². The van der Waals surface area contributed by atoms with Crippen molar-refractivity contribution in [3.63, 3.8) is 0 Å². The lowest BCUT2D eigenvalue weighted by molar-refractivity contribution is 0.317. The molecule has 0 spiro atoms. The van der Waals surface area contributed by atoms with Crippen molar-refractivity contribution in [1.82, 2.24) is 10.3 Å². The van der Waals surface area contributed by atoms with E-state index >= 15 is 0 Å². The third kappa shape index (κ3) is 4.36. The highest BCUT2D eigenvalue weighted by Gasteiger charge is 2.03. The van der Waals surface area contributed by atoms with Crippen molar-refractivity contribution < 1.29 is 14.6 Å². The minimum absolute atomic E-state index is 0.167. The average Bonchev–Trinajstić information content (AvgIpc) is 2.51. The molecular weight excluding hydrogens is 268 g/mol. The summed E-state index contributed by atoms with van der Waals surface area (Å²) in [4.78, 5) is 4.16. The van der Waals surface area contributed by atoms with Crippen molar-refractivity contribution in [1.29, 1.82) is 0 Å². The minimum atomic E-state index is 0.167. The molecule has 0 aliphatic heterocycles. The zero-order valence-corrected chi connectivity index (χ0v) is 12.3. The van der Waals surface area contributed by atoms with Crippen LogP contribution in [-0.4, -0.2) is 23.8 Å². The summed E-state index contributed by atoms with van der Waals surface area (Å²) in [6.45, 7) is 3.82. The van der Waals surface area contributed by atoms with Crippen molar-refractivity contribution in [3.8, 4) is 17.4 Å². The van der Waals surface area contributed by atoms with Gasteiger partial charge in [-0.2, -0.15) is 0 Å². The second kappa shape index (κ2) is 7.50. The van der Waals surface area contributed by atoms with E-state index in [1.807, 2.05) is 31.2 Å². The van der Waals surface area contributed by atoms with Crippen LogP contribution in [0.1, 0.15) is 18.1 Å². The van der Waals surface area contributed by atoms with Crippen LogP contribution < -0.4 is 14.8 Å².